The van der Waals surface area contributed by atoms with E-state index in [-0.39, 0.29) is 11.7 Å². The summed E-state index contributed by atoms with van der Waals surface area (Å²) in [4.78, 5) is 27.4. The van der Waals surface area contributed by atoms with Gasteiger partial charge >= 0.3 is 5.97 Å². The quantitative estimate of drug-likeness (QED) is 0.649. The van der Waals surface area contributed by atoms with Crippen molar-refractivity contribution in [3.63, 3.8) is 0 Å². The van der Waals surface area contributed by atoms with E-state index >= 15 is 0 Å². The van der Waals surface area contributed by atoms with Gasteiger partial charge in [-0.05, 0) is 17.7 Å². The van der Waals surface area contributed by atoms with Crippen molar-refractivity contribution in [3.05, 3.63) is 76.1 Å². The molecule has 1 amide bonds. The van der Waals surface area contributed by atoms with Gasteiger partial charge in [0, 0.05) is 12.0 Å². The van der Waals surface area contributed by atoms with Gasteiger partial charge in [0.1, 0.15) is 18.1 Å². The van der Waals surface area contributed by atoms with Crippen LogP contribution in [0.2, 0.25) is 0 Å². The maximum atomic E-state index is 12.4. The molecule has 28 heavy (non-hydrogen) atoms. The van der Waals surface area contributed by atoms with E-state index in [1.807, 2.05) is 18.2 Å². The van der Waals surface area contributed by atoms with Gasteiger partial charge in [-0.2, -0.15) is 0 Å². The average molecular weight is 397 g/mol. The number of carbonyl (C=O) groups is 2. The normalized spacial score (nSPS) is 15.7. The van der Waals surface area contributed by atoms with E-state index in [0.717, 1.165) is 36.5 Å². The summed E-state index contributed by atoms with van der Waals surface area (Å²) in [6.45, 7) is 2.67. The first-order valence-electron chi connectivity index (χ1n) is 9.11. The molecule has 0 radical (unpaired) electrons. The Hall–Kier alpha value is -2.90. The minimum atomic E-state index is -0.418. The molecule has 6 nitrogen and oxygen atoms in total. The number of anilines is 1. The maximum absolute atomic E-state index is 12.4. The highest BCUT2D eigenvalue weighted by atomic mass is 32.1. The molecular weight excluding hydrogens is 376 g/mol. The number of ether oxygens (including phenoxy) is 1. The number of hydrogen-bond donors (Lipinski definition) is 2. The van der Waals surface area contributed by atoms with E-state index in [1.54, 1.807) is 12.1 Å². The summed E-state index contributed by atoms with van der Waals surface area (Å²) in [5.74, 6) is -0.584. The van der Waals surface area contributed by atoms with Gasteiger partial charge in [0.05, 0.1) is 30.4 Å². The Balaban J connectivity index is 1.59. The minimum Gasteiger partial charge on any atom is -0.465 e. The molecule has 2 N–H and O–H groups in total. The number of hydrogen-bond acceptors (Lipinski definition) is 5. The molecule has 0 aliphatic carbocycles. The monoisotopic (exact) mass is 397 g/mol. The molecule has 0 saturated heterocycles. The maximum Gasteiger partial charge on any atom is 0.341 e. The number of thiophene rings is 1. The molecule has 144 valence electrons. The number of benzene rings is 1. The van der Waals surface area contributed by atoms with Gasteiger partial charge < -0.3 is 19.4 Å². The van der Waals surface area contributed by atoms with E-state index in [1.165, 1.54) is 35.2 Å². The number of fused-ring (bicyclic) bond motifs is 1. The van der Waals surface area contributed by atoms with Crippen LogP contribution in [-0.2, 0) is 24.2 Å². The number of rotatable bonds is 5. The summed E-state index contributed by atoms with van der Waals surface area (Å²) in [6, 6.07) is 13.6. The van der Waals surface area contributed by atoms with E-state index in [9.17, 15) is 9.59 Å². The SMILES string of the molecule is COC(=O)c1c(NC(=O)c2ccco2)sc2c1CC[NH+](Cc1ccccc1)C2. The van der Waals surface area contributed by atoms with Crippen LogP contribution in [0.4, 0.5) is 5.00 Å². The van der Waals surface area contributed by atoms with Gasteiger partial charge in [0.25, 0.3) is 5.91 Å². The highest BCUT2D eigenvalue weighted by Crippen LogP contribution is 2.35. The number of amides is 1. The molecule has 1 aliphatic heterocycles. The molecule has 2 aromatic heterocycles. The summed E-state index contributed by atoms with van der Waals surface area (Å²) in [5.41, 5.74) is 2.75. The third kappa shape index (κ3) is 3.72. The first kappa shape index (κ1) is 18.5. The molecule has 3 heterocycles. The lowest BCUT2D eigenvalue weighted by Gasteiger charge is -2.24. The molecular formula is C21H21N2O4S+. The Bertz CT molecular complexity index is 980. The second-order valence-electron chi connectivity index (χ2n) is 6.72. The van der Waals surface area contributed by atoms with E-state index in [2.05, 4.69) is 17.4 Å². The number of carbonyl (C=O) groups excluding carboxylic acids is 2. The predicted octanol–water partition coefficient (Wildman–Crippen LogP) is 2.52. The predicted molar refractivity (Wildman–Crippen MR) is 106 cm³/mol. The van der Waals surface area contributed by atoms with Gasteiger partial charge in [-0.1, -0.05) is 30.3 Å². The molecule has 0 fully saturated rings. The van der Waals surface area contributed by atoms with Crippen molar-refractivity contribution in [2.45, 2.75) is 19.5 Å². The number of esters is 1. The van der Waals surface area contributed by atoms with Crippen LogP contribution in [0, 0.1) is 0 Å². The molecule has 0 bridgehead atoms. The molecule has 0 saturated carbocycles. The van der Waals surface area contributed by atoms with Crippen molar-refractivity contribution in [3.8, 4) is 0 Å². The summed E-state index contributed by atoms with van der Waals surface area (Å²) in [6.07, 6.45) is 2.22. The Morgan fingerprint density at radius 3 is 2.75 bits per heavy atom. The molecule has 7 heteroatoms. The lowest BCUT2D eigenvalue weighted by Crippen LogP contribution is -3.10. The van der Waals surface area contributed by atoms with Gasteiger partial charge in [0.15, 0.2) is 5.76 Å². The van der Waals surface area contributed by atoms with Gasteiger partial charge in [-0.15, -0.1) is 11.3 Å². The fourth-order valence-electron chi connectivity index (χ4n) is 3.55. The fraction of sp³-hybridized carbons (Fsp3) is 0.238. The Morgan fingerprint density at radius 2 is 2.04 bits per heavy atom. The van der Waals surface area contributed by atoms with Crippen molar-refractivity contribution >= 4 is 28.2 Å². The van der Waals surface area contributed by atoms with Crippen LogP contribution in [0.5, 0.6) is 0 Å². The molecule has 1 aromatic carbocycles. The van der Waals surface area contributed by atoms with Crippen LogP contribution in [-0.4, -0.2) is 25.5 Å². The smallest absolute Gasteiger partial charge is 0.341 e. The highest BCUT2D eigenvalue weighted by Gasteiger charge is 2.31. The molecule has 3 aromatic rings. The largest absolute Gasteiger partial charge is 0.465 e. The van der Waals surface area contributed by atoms with Crippen LogP contribution < -0.4 is 10.2 Å². The Morgan fingerprint density at radius 1 is 1.21 bits per heavy atom. The van der Waals surface area contributed by atoms with Crippen molar-refractivity contribution in [1.82, 2.24) is 0 Å². The first-order valence-corrected chi connectivity index (χ1v) is 9.92. The van der Waals surface area contributed by atoms with E-state index < -0.39 is 5.97 Å². The van der Waals surface area contributed by atoms with Crippen molar-refractivity contribution in [2.24, 2.45) is 0 Å². The third-order valence-electron chi connectivity index (χ3n) is 4.89. The molecule has 1 aliphatic rings. The number of methoxy groups -OCH3 is 1. The zero-order chi connectivity index (χ0) is 19.5. The number of quaternary nitrogens is 1. The topological polar surface area (TPSA) is 73.0 Å². The summed E-state index contributed by atoms with van der Waals surface area (Å²) < 4.78 is 10.1. The lowest BCUT2D eigenvalue weighted by atomic mass is 10.0. The molecule has 1 unspecified atom stereocenters. The van der Waals surface area contributed by atoms with Crippen LogP contribution >= 0.6 is 11.3 Å². The molecule has 4 rings (SSSR count). The lowest BCUT2D eigenvalue weighted by molar-refractivity contribution is -0.929. The van der Waals surface area contributed by atoms with Gasteiger partial charge in [-0.3, -0.25) is 4.79 Å². The van der Waals surface area contributed by atoms with Crippen LogP contribution in [0.15, 0.2) is 53.1 Å². The average Bonchev–Trinajstić information content (AvgIpc) is 3.36. The van der Waals surface area contributed by atoms with E-state index in [0.29, 0.717) is 10.6 Å². The second-order valence-corrected chi connectivity index (χ2v) is 7.83. The molecule has 0 spiro atoms. The number of furan rings is 1. The van der Waals surface area contributed by atoms with Crippen molar-refractivity contribution < 1.29 is 23.6 Å². The zero-order valence-electron chi connectivity index (χ0n) is 15.5. The number of nitrogens with one attached hydrogen (secondary N) is 2. The highest BCUT2D eigenvalue weighted by molar-refractivity contribution is 7.17. The second kappa shape index (κ2) is 8.00. The zero-order valence-corrected chi connectivity index (χ0v) is 16.3. The van der Waals surface area contributed by atoms with Crippen LogP contribution in [0.1, 0.15) is 36.9 Å². The molecule has 1 atom stereocenters. The van der Waals surface area contributed by atoms with Gasteiger partial charge in [-0.25, -0.2) is 4.79 Å². The van der Waals surface area contributed by atoms with Crippen molar-refractivity contribution in [1.29, 1.82) is 0 Å². The van der Waals surface area contributed by atoms with Crippen LogP contribution in [0.3, 0.4) is 0 Å². The van der Waals surface area contributed by atoms with Crippen molar-refractivity contribution in [2.75, 3.05) is 19.0 Å². The van der Waals surface area contributed by atoms with Crippen LogP contribution in [0.25, 0.3) is 0 Å². The fourth-order valence-corrected chi connectivity index (χ4v) is 4.85. The minimum absolute atomic E-state index is 0.207. The first-order chi connectivity index (χ1) is 13.7. The Labute approximate surface area is 166 Å². The van der Waals surface area contributed by atoms with Gasteiger partial charge in [0.2, 0.25) is 0 Å². The Kier molecular flexibility index (Phi) is 5.27. The summed E-state index contributed by atoms with van der Waals surface area (Å²) in [5, 5.41) is 3.35. The summed E-state index contributed by atoms with van der Waals surface area (Å²) >= 11 is 1.45. The summed E-state index contributed by atoms with van der Waals surface area (Å²) in [7, 11) is 1.36. The van der Waals surface area contributed by atoms with E-state index in [4.69, 9.17) is 9.15 Å². The third-order valence-corrected chi connectivity index (χ3v) is 6.04. The standard InChI is InChI=1S/C21H20N2O4S/c1-26-21(25)18-15-9-10-23(12-14-6-3-2-4-7-14)13-17(15)28-20(18)22-19(24)16-8-5-11-27-16/h2-8,11H,9-10,12-13H2,1H3,(H,22,24)/p+1.